The van der Waals surface area contributed by atoms with E-state index < -0.39 is 12.0 Å². The fourth-order valence-electron chi connectivity index (χ4n) is 2.17. The molecule has 1 heterocycles. The van der Waals surface area contributed by atoms with Crippen LogP contribution in [0.1, 0.15) is 55.8 Å². The van der Waals surface area contributed by atoms with Crippen LogP contribution in [0.5, 0.6) is 0 Å². The summed E-state index contributed by atoms with van der Waals surface area (Å²) in [5, 5.41) is 3.74. The molecular weight excluding hydrogens is 240 g/mol. The van der Waals surface area contributed by atoms with Gasteiger partial charge in [0.2, 0.25) is 11.8 Å². The van der Waals surface area contributed by atoms with E-state index in [0.717, 1.165) is 0 Å². The van der Waals surface area contributed by atoms with E-state index >= 15 is 0 Å². The summed E-state index contributed by atoms with van der Waals surface area (Å²) in [6.45, 7) is 0. The van der Waals surface area contributed by atoms with Crippen molar-refractivity contribution in [1.82, 2.24) is 10.1 Å². The number of alkyl halides is 2. The monoisotopic (exact) mass is 255 g/mol. The van der Waals surface area contributed by atoms with Gasteiger partial charge in [-0.25, -0.2) is 8.78 Å². The molecule has 0 aliphatic heterocycles. The van der Waals surface area contributed by atoms with Gasteiger partial charge in [-0.2, -0.15) is 4.98 Å². The van der Waals surface area contributed by atoms with Crippen molar-refractivity contribution in [2.24, 2.45) is 5.73 Å². The largest absolute Gasteiger partial charge is 0.338 e. The standard InChI is InChI=1S/C12H15F2N3O/c1-2-4-9(15)11-16-10(17-18-11)8-5-3-6-12(13,14)7-8/h1,8-9H,3-7,15H2. The summed E-state index contributed by atoms with van der Waals surface area (Å²) in [6, 6.07) is -0.527. The van der Waals surface area contributed by atoms with Crippen LogP contribution in [-0.2, 0) is 0 Å². The molecule has 0 amide bonds. The molecule has 98 valence electrons. The third-order valence-electron chi connectivity index (χ3n) is 3.12. The molecule has 0 aromatic carbocycles. The number of hydrogen-bond donors (Lipinski definition) is 1. The van der Waals surface area contributed by atoms with Gasteiger partial charge in [0.1, 0.15) is 0 Å². The molecule has 0 saturated heterocycles. The highest BCUT2D eigenvalue weighted by atomic mass is 19.3. The summed E-state index contributed by atoms with van der Waals surface area (Å²) in [7, 11) is 0. The highest BCUT2D eigenvalue weighted by Crippen LogP contribution is 2.40. The Hall–Kier alpha value is -1.48. The molecule has 1 saturated carbocycles. The predicted octanol–water partition coefficient (Wildman–Crippen LogP) is 2.39. The van der Waals surface area contributed by atoms with Gasteiger partial charge in [-0.05, 0) is 12.8 Å². The second-order valence-electron chi connectivity index (χ2n) is 4.65. The fraction of sp³-hybridized carbons (Fsp3) is 0.667. The highest BCUT2D eigenvalue weighted by Gasteiger charge is 2.38. The molecule has 1 aliphatic carbocycles. The lowest BCUT2D eigenvalue weighted by Crippen LogP contribution is -2.25. The molecule has 0 radical (unpaired) electrons. The maximum absolute atomic E-state index is 13.3. The normalized spacial score (nSPS) is 24.4. The van der Waals surface area contributed by atoms with Gasteiger partial charge in [0, 0.05) is 25.2 Å². The van der Waals surface area contributed by atoms with E-state index in [1.54, 1.807) is 0 Å². The third kappa shape index (κ3) is 2.85. The lowest BCUT2D eigenvalue weighted by atomic mass is 9.86. The van der Waals surface area contributed by atoms with Crippen molar-refractivity contribution < 1.29 is 13.3 Å². The number of halogens is 2. The quantitative estimate of drug-likeness (QED) is 0.842. The lowest BCUT2D eigenvalue weighted by Gasteiger charge is -2.26. The molecule has 1 aromatic heterocycles. The van der Waals surface area contributed by atoms with Crippen molar-refractivity contribution in [2.45, 2.75) is 50.0 Å². The van der Waals surface area contributed by atoms with Crippen LogP contribution < -0.4 is 5.73 Å². The fourth-order valence-corrected chi connectivity index (χ4v) is 2.17. The average molecular weight is 255 g/mol. The average Bonchev–Trinajstić information content (AvgIpc) is 2.77. The maximum Gasteiger partial charge on any atom is 0.248 e. The first-order valence-corrected chi connectivity index (χ1v) is 5.92. The van der Waals surface area contributed by atoms with Gasteiger partial charge in [0.05, 0.1) is 6.04 Å². The molecule has 2 atom stereocenters. The van der Waals surface area contributed by atoms with Crippen LogP contribution in [-0.4, -0.2) is 16.1 Å². The van der Waals surface area contributed by atoms with Crippen LogP contribution in [0.4, 0.5) is 8.78 Å². The zero-order valence-electron chi connectivity index (χ0n) is 9.90. The predicted molar refractivity (Wildman–Crippen MR) is 60.8 cm³/mol. The molecule has 0 spiro atoms. The van der Waals surface area contributed by atoms with Crippen LogP contribution in [0.3, 0.4) is 0 Å². The van der Waals surface area contributed by atoms with E-state index in [0.29, 0.717) is 18.7 Å². The van der Waals surface area contributed by atoms with Crippen molar-refractivity contribution in [3.05, 3.63) is 11.7 Å². The minimum absolute atomic E-state index is 0.0647. The van der Waals surface area contributed by atoms with Gasteiger partial charge in [-0.15, -0.1) is 12.3 Å². The van der Waals surface area contributed by atoms with Gasteiger partial charge < -0.3 is 10.3 Å². The summed E-state index contributed by atoms with van der Waals surface area (Å²) in [5.74, 6) is -0.0605. The Bertz CT molecular complexity index is 452. The first-order chi connectivity index (χ1) is 8.52. The van der Waals surface area contributed by atoms with E-state index in [9.17, 15) is 8.78 Å². The summed E-state index contributed by atoms with van der Waals surface area (Å²) >= 11 is 0. The number of rotatable bonds is 3. The van der Waals surface area contributed by atoms with E-state index in [1.165, 1.54) is 0 Å². The molecule has 2 rings (SSSR count). The van der Waals surface area contributed by atoms with E-state index in [1.807, 2.05) is 0 Å². The van der Waals surface area contributed by atoms with Crippen LogP contribution in [0.2, 0.25) is 0 Å². The van der Waals surface area contributed by atoms with Gasteiger partial charge in [-0.1, -0.05) is 5.16 Å². The Morgan fingerprint density at radius 3 is 3.06 bits per heavy atom. The summed E-state index contributed by atoms with van der Waals surface area (Å²) in [6.07, 6.45) is 6.24. The van der Waals surface area contributed by atoms with Crippen LogP contribution in [0.15, 0.2) is 4.52 Å². The molecular formula is C12H15F2N3O. The van der Waals surface area contributed by atoms with Crippen LogP contribution in [0, 0.1) is 12.3 Å². The second kappa shape index (κ2) is 5.02. The van der Waals surface area contributed by atoms with Crippen LogP contribution >= 0.6 is 0 Å². The minimum atomic E-state index is -2.63. The molecule has 2 unspecified atom stereocenters. The van der Waals surface area contributed by atoms with Crippen molar-refractivity contribution in [1.29, 1.82) is 0 Å². The second-order valence-corrected chi connectivity index (χ2v) is 4.65. The Labute approximate surface area is 104 Å². The molecule has 1 fully saturated rings. The smallest absolute Gasteiger partial charge is 0.248 e. The zero-order valence-corrected chi connectivity index (χ0v) is 9.90. The number of nitrogens with two attached hydrogens (primary N) is 1. The van der Waals surface area contributed by atoms with Gasteiger partial charge in [0.15, 0.2) is 5.82 Å². The Kier molecular flexibility index (Phi) is 3.62. The number of hydrogen-bond acceptors (Lipinski definition) is 4. The molecule has 0 bridgehead atoms. The summed E-state index contributed by atoms with van der Waals surface area (Å²) < 4.78 is 31.6. The lowest BCUT2D eigenvalue weighted by molar-refractivity contribution is -0.0418. The van der Waals surface area contributed by atoms with Gasteiger partial charge >= 0.3 is 0 Å². The van der Waals surface area contributed by atoms with E-state index in [-0.39, 0.29) is 31.1 Å². The summed E-state index contributed by atoms with van der Waals surface area (Å²) in [5.41, 5.74) is 5.71. The van der Waals surface area contributed by atoms with Crippen molar-refractivity contribution >= 4 is 0 Å². The SMILES string of the molecule is C#CCC(N)c1nc(C2CCCC(F)(F)C2)no1. The molecule has 6 heteroatoms. The minimum Gasteiger partial charge on any atom is -0.338 e. The molecule has 4 nitrogen and oxygen atoms in total. The number of aromatic nitrogens is 2. The van der Waals surface area contributed by atoms with E-state index in [4.69, 9.17) is 16.7 Å². The first-order valence-electron chi connectivity index (χ1n) is 5.92. The molecule has 1 aromatic rings. The van der Waals surface area contributed by atoms with Crippen molar-refractivity contribution in [2.75, 3.05) is 0 Å². The van der Waals surface area contributed by atoms with Crippen molar-refractivity contribution in [3.8, 4) is 12.3 Å². The molecule has 18 heavy (non-hydrogen) atoms. The maximum atomic E-state index is 13.3. The molecule has 2 N–H and O–H groups in total. The Morgan fingerprint density at radius 2 is 2.39 bits per heavy atom. The first kappa shape index (κ1) is 13.0. The summed E-state index contributed by atoms with van der Waals surface area (Å²) in [4.78, 5) is 4.09. The van der Waals surface area contributed by atoms with E-state index in [2.05, 4.69) is 16.1 Å². The number of nitrogens with zero attached hydrogens (tertiary/aromatic N) is 2. The van der Waals surface area contributed by atoms with Gasteiger partial charge in [0.25, 0.3) is 0 Å². The van der Waals surface area contributed by atoms with Gasteiger partial charge in [-0.3, -0.25) is 0 Å². The van der Waals surface area contributed by atoms with Crippen LogP contribution in [0.25, 0.3) is 0 Å². The third-order valence-corrected chi connectivity index (χ3v) is 3.12. The van der Waals surface area contributed by atoms with Crippen molar-refractivity contribution in [3.63, 3.8) is 0 Å². The molecule has 1 aliphatic rings. The zero-order chi connectivity index (χ0) is 13.2. The number of terminal acetylenes is 1. The topological polar surface area (TPSA) is 64.9 Å². The highest BCUT2D eigenvalue weighted by molar-refractivity contribution is 5.03. The Morgan fingerprint density at radius 1 is 1.61 bits per heavy atom. The Balaban J connectivity index is 2.08.